The van der Waals surface area contributed by atoms with E-state index < -0.39 is 5.97 Å². The molecule has 0 saturated carbocycles. The number of pyridine rings is 1. The van der Waals surface area contributed by atoms with Crippen molar-refractivity contribution in [3.63, 3.8) is 0 Å². The van der Waals surface area contributed by atoms with E-state index in [1.54, 1.807) is 0 Å². The minimum Gasteiger partial charge on any atom is -0.340 e. The second-order valence-electron chi connectivity index (χ2n) is 4.98. The molecule has 0 amide bonds. The predicted molar refractivity (Wildman–Crippen MR) is 83.4 cm³/mol. The normalized spacial score (nSPS) is 11.4. The molecule has 0 atom stereocenters. The van der Waals surface area contributed by atoms with E-state index in [2.05, 4.69) is 4.98 Å². The van der Waals surface area contributed by atoms with E-state index in [9.17, 15) is 15.3 Å². The summed E-state index contributed by atoms with van der Waals surface area (Å²) in [6.45, 7) is 0. The summed E-state index contributed by atoms with van der Waals surface area (Å²) >= 11 is 0. The molecular formula is C18H15NO3. The van der Waals surface area contributed by atoms with Gasteiger partial charge in [-0.25, -0.2) is 0 Å². The van der Waals surface area contributed by atoms with Gasteiger partial charge in [0.25, 0.3) is 0 Å². The number of hydrogen-bond acceptors (Lipinski definition) is 4. The molecule has 0 unspecified atom stereocenters. The van der Waals surface area contributed by atoms with Gasteiger partial charge in [-0.15, -0.1) is 0 Å². The van der Waals surface area contributed by atoms with Crippen LogP contribution in [0.3, 0.4) is 0 Å². The Morgan fingerprint density at radius 2 is 1.27 bits per heavy atom. The number of nitrogens with zero attached hydrogens (tertiary/aromatic N) is 1. The van der Waals surface area contributed by atoms with Gasteiger partial charge in [-0.05, 0) is 11.6 Å². The van der Waals surface area contributed by atoms with Crippen molar-refractivity contribution in [3.8, 4) is 22.4 Å². The summed E-state index contributed by atoms with van der Waals surface area (Å²) < 4.78 is 0. The molecular weight excluding hydrogens is 278 g/mol. The first-order chi connectivity index (χ1) is 10.6. The first kappa shape index (κ1) is 14.4. The highest BCUT2D eigenvalue weighted by molar-refractivity contribution is 5.71. The fourth-order valence-corrected chi connectivity index (χ4v) is 2.35. The van der Waals surface area contributed by atoms with Crippen LogP contribution in [-0.4, -0.2) is 20.3 Å². The second kappa shape index (κ2) is 5.69. The molecule has 0 aliphatic rings. The van der Waals surface area contributed by atoms with Gasteiger partial charge in [0.05, 0.1) is 11.3 Å². The number of aromatic nitrogens is 1. The zero-order valence-electron chi connectivity index (χ0n) is 11.7. The third-order valence-electron chi connectivity index (χ3n) is 3.42. The molecule has 0 saturated heterocycles. The topological polar surface area (TPSA) is 73.6 Å². The van der Waals surface area contributed by atoms with Gasteiger partial charge in [-0.2, -0.15) is 0 Å². The maximum atomic E-state index is 9.69. The van der Waals surface area contributed by atoms with Crippen LogP contribution >= 0.6 is 0 Å². The van der Waals surface area contributed by atoms with Crippen LogP contribution in [0.5, 0.6) is 0 Å². The third-order valence-corrected chi connectivity index (χ3v) is 3.42. The van der Waals surface area contributed by atoms with Crippen molar-refractivity contribution in [2.75, 3.05) is 0 Å². The average Bonchev–Trinajstić information content (AvgIpc) is 2.55. The minimum absolute atomic E-state index is 0.00690. The smallest absolute Gasteiger partial charge is 0.305 e. The molecule has 22 heavy (non-hydrogen) atoms. The van der Waals surface area contributed by atoms with Crippen molar-refractivity contribution in [2.24, 2.45) is 0 Å². The molecule has 0 radical (unpaired) electrons. The van der Waals surface area contributed by atoms with E-state index in [0.29, 0.717) is 11.3 Å². The molecule has 4 heteroatoms. The Labute approximate surface area is 128 Å². The highest BCUT2D eigenvalue weighted by Gasteiger charge is 2.27. The first-order valence-electron chi connectivity index (χ1n) is 6.84. The lowest BCUT2D eigenvalue weighted by Crippen LogP contribution is -2.25. The summed E-state index contributed by atoms with van der Waals surface area (Å²) in [6.07, 6.45) is 1.53. The van der Waals surface area contributed by atoms with E-state index in [1.807, 2.05) is 60.7 Å². The molecule has 1 aromatic heterocycles. The summed E-state index contributed by atoms with van der Waals surface area (Å²) in [5.74, 6) is -2.93. The summed E-state index contributed by atoms with van der Waals surface area (Å²) in [6, 6.07) is 20.0. The van der Waals surface area contributed by atoms with Crippen LogP contribution in [0.1, 0.15) is 5.56 Å². The summed E-state index contributed by atoms with van der Waals surface area (Å²) in [4.78, 5) is 4.37. The van der Waals surface area contributed by atoms with Gasteiger partial charge in [0.15, 0.2) is 0 Å². The average molecular weight is 293 g/mol. The number of aliphatic hydroxyl groups is 3. The Hall–Kier alpha value is -2.53. The highest BCUT2D eigenvalue weighted by Crippen LogP contribution is 2.31. The summed E-state index contributed by atoms with van der Waals surface area (Å²) in [7, 11) is 0. The molecule has 0 spiro atoms. The van der Waals surface area contributed by atoms with E-state index in [1.165, 1.54) is 12.3 Å². The zero-order chi connectivity index (χ0) is 15.6. The molecule has 2 aromatic carbocycles. The van der Waals surface area contributed by atoms with Gasteiger partial charge < -0.3 is 15.3 Å². The van der Waals surface area contributed by atoms with Gasteiger partial charge >= 0.3 is 5.97 Å². The molecule has 3 N–H and O–H groups in total. The van der Waals surface area contributed by atoms with Crippen LogP contribution in [0.15, 0.2) is 72.9 Å². The Morgan fingerprint density at radius 3 is 1.82 bits per heavy atom. The van der Waals surface area contributed by atoms with Gasteiger partial charge in [0, 0.05) is 17.3 Å². The predicted octanol–water partition coefficient (Wildman–Crippen LogP) is 2.50. The lowest BCUT2D eigenvalue weighted by molar-refractivity contribution is -0.323. The van der Waals surface area contributed by atoms with E-state index in [0.717, 1.165) is 11.1 Å². The van der Waals surface area contributed by atoms with E-state index in [-0.39, 0.29) is 5.56 Å². The standard InChI is InChI=1S/C18H15NO3/c20-18(21,22)16-11-17(14-9-5-2-6-10-14)19-12-15(16)13-7-3-1-4-8-13/h1-12,20-22H. The van der Waals surface area contributed by atoms with Crippen molar-refractivity contribution in [2.45, 2.75) is 5.97 Å². The molecule has 110 valence electrons. The van der Waals surface area contributed by atoms with Gasteiger partial charge in [-0.3, -0.25) is 4.98 Å². The van der Waals surface area contributed by atoms with Crippen molar-refractivity contribution in [3.05, 3.63) is 78.5 Å². The van der Waals surface area contributed by atoms with E-state index in [4.69, 9.17) is 0 Å². The van der Waals surface area contributed by atoms with Gasteiger partial charge in [-0.1, -0.05) is 60.7 Å². The van der Waals surface area contributed by atoms with Crippen LogP contribution in [0.25, 0.3) is 22.4 Å². The van der Waals surface area contributed by atoms with E-state index >= 15 is 0 Å². The molecule has 0 bridgehead atoms. The summed E-state index contributed by atoms with van der Waals surface area (Å²) in [5.41, 5.74) is 2.58. The van der Waals surface area contributed by atoms with Crippen LogP contribution in [-0.2, 0) is 5.97 Å². The van der Waals surface area contributed by atoms with Crippen LogP contribution in [0.4, 0.5) is 0 Å². The number of rotatable bonds is 3. The maximum absolute atomic E-state index is 9.69. The summed E-state index contributed by atoms with van der Waals surface area (Å²) in [5, 5.41) is 29.1. The van der Waals surface area contributed by atoms with Crippen molar-refractivity contribution in [1.82, 2.24) is 4.98 Å². The monoisotopic (exact) mass is 293 g/mol. The Morgan fingerprint density at radius 1 is 0.727 bits per heavy atom. The molecule has 0 aliphatic heterocycles. The molecule has 0 fully saturated rings. The molecule has 1 heterocycles. The Bertz CT molecular complexity index is 765. The molecule has 4 nitrogen and oxygen atoms in total. The van der Waals surface area contributed by atoms with Crippen LogP contribution in [0.2, 0.25) is 0 Å². The fraction of sp³-hybridized carbons (Fsp3) is 0.0556. The third kappa shape index (κ3) is 2.89. The fourth-order valence-electron chi connectivity index (χ4n) is 2.35. The number of benzene rings is 2. The SMILES string of the molecule is OC(O)(O)c1cc(-c2ccccc2)ncc1-c1ccccc1. The molecule has 3 aromatic rings. The van der Waals surface area contributed by atoms with Crippen molar-refractivity contribution < 1.29 is 15.3 Å². The Balaban J connectivity index is 2.17. The van der Waals surface area contributed by atoms with Gasteiger partial charge in [0.1, 0.15) is 0 Å². The van der Waals surface area contributed by atoms with Gasteiger partial charge in [0.2, 0.25) is 0 Å². The number of hydrogen-bond donors (Lipinski definition) is 3. The van der Waals surface area contributed by atoms with Crippen LogP contribution in [0, 0.1) is 0 Å². The largest absolute Gasteiger partial charge is 0.340 e. The Kier molecular flexibility index (Phi) is 3.73. The lowest BCUT2D eigenvalue weighted by Gasteiger charge is -2.19. The molecule has 0 aliphatic carbocycles. The second-order valence-corrected chi connectivity index (χ2v) is 4.98. The first-order valence-corrected chi connectivity index (χ1v) is 6.84. The minimum atomic E-state index is -2.93. The maximum Gasteiger partial charge on any atom is 0.305 e. The highest BCUT2D eigenvalue weighted by atomic mass is 16.7. The molecule has 3 rings (SSSR count). The van der Waals surface area contributed by atoms with Crippen LogP contribution < -0.4 is 0 Å². The quantitative estimate of drug-likeness (QED) is 0.649. The lowest BCUT2D eigenvalue weighted by atomic mass is 9.98. The van der Waals surface area contributed by atoms with Crippen molar-refractivity contribution >= 4 is 0 Å². The zero-order valence-corrected chi connectivity index (χ0v) is 11.7. The van der Waals surface area contributed by atoms with Crippen molar-refractivity contribution in [1.29, 1.82) is 0 Å².